The van der Waals surface area contributed by atoms with Crippen molar-refractivity contribution in [1.29, 1.82) is 0 Å². The van der Waals surface area contributed by atoms with Gasteiger partial charge in [0.25, 0.3) is 0 Å². The van der Waals surface area contributed by atoms with E-state index in [0.717, 1.165) is 37.8 Å². The number of carbonyl (C=O) groups is 2. The molecule has 0 aliphatic heterocycles. The first-order chi connectivity index (χ1) is 9.53. The molecule has 118 valence electrons. The molecule has 0 bridgehead atoms. The van der Waals surface area contributed by atoms with Crippen LogP contribution in [-0.4, -0.2) is 49.6 Å². The number of carbonyl (C=O) groups excluding carboxylic acids is 2. The monoisotopic (exact) mass is 290 g/mol. The zero-order chi connectivity index (χ0) is 16.2. The van der Waals surface area contributed by atoms with Gasteiger partial charge in [-0.1, -0.05) is 26.0 Å². The fraction of sp³-hybridized carbons (Fsp3) is 0.571. The molecule has 2 N–H and O–H groups in total. The molecule has 0 saturated heterocycles. The molecule has 0 amide bonds. The Kier molecular flexibility index (Phi) is 26.4. The number of aliphatic hydroxyl groups is 2. The Balaban J connectivity index is -0.000000221. The molecule has 6 heteroatoms. The van der Waals surface area contributed by atoms with Crippen molar-refractivity contribution in [3.8, 4) is 0 Å². The highest BCUT2D eigenvalue weighted by Crippen LogP contribution is 1.96. The Bertz CT molecular complexity index is 224. The molecule has 0 rings (SSSR count). The number of methoxy groups -OCH3 is 2. The minimum atomic E-state index is -0.394. The maximum Gasteiger partial charge on any atom is 0.329 e. The molecule has 20 heavy (non-hydrogen) atoms. The minimum absolute atomic E-state index is 0.283. The van der Waals surface area contributed by atoms with Crippen LogP contribution in [0.1, 0.15) is 25.7 Å². The Labute approximate surface area is 120 Å². The lowest BCUT2D eigenvalue weighted by atomic mass is 10.2. The van der Waals surface area contributed by atoms with Crippen molar-refractivity contribution >= 4 is 11.9 Å². The quantitative estimate of drug-likeness (QED) is 0.416. The molecular formula is C14H26O6. The van der Waals surface area contributed by atoms with Gasteiger partial charge < -0.3 is 19.7 Å². The summed E-state index contributed by atoms with van der Waals surface area (Å²) in [5.74, 6) is -0.787. The van der Waals surface area contributed by atoms with Gasteiger partial charge >= 0.3 is 11.9 Å². The topological polar surface area (TPSA) is 93.1 Å². The Hall–Kier alpha value is -1.66. The second-order valence-electron chi connectivity index (χ2n) is 3.32. The molecule has 0 radical (unpaired) electrons. The van der Waals surface area contributed by atoms with E-state index in [1.54, 1.807) is 0 Å². The maximum atomic E-state index is 9.84. The number of rotatable bonds is 7. The molecule has 0 aromatic heterocycles. The Morgan fingerprint density at radius 3 is 1.25 bits per heavy atom. The minimum Gasteiger partial charge on any atom is -0.466 e. The SMILES string of the molecule is C=CC(=O)OC.C=CC(=O)OC.OCCCCCCO. The van der Waals surface area contributed by atoms with Gasteiger partial charge in [0.1, 0.15) is 0 Å². The second kappa shape index (κ2) is 22.5. The highest BCUT2D eigenvalue weighted by molar-refractivity contribution is 5.81. The van der Waals surface area contributed by atoms with E-state index >= 15 is 0 Å². The fourth-order valence-electron chi connectivity index (χ4n) is 0.744. The van der Waals surface area contributed by atoms with E-state index in [0.29, 0.717) is 0 Å². The van der Waals surface area contributed by atoms with Crippen LogP contribution in [0.5, 0.6) is 0 Å². The van der Waals surface area contributed by atoms with Crippen molar-refractivity contribution in [3.05, 3.63) is 25.3 Å². The highest BCUT2D eigenvalue weighted by Gasteiger charge is 1.84. The first kappa shape index (κ1) is 23.4. The molecule has 0 heterocycles. The third-order valence-electron chi connectivity index (χ3n) is 1.80. The summed E-state index contributed by atoms with van der Waals surface area (Å²) in [6, 6.07) is 0. The average Bonchev–Trinajstić information content (AvgIpc) is 2.51. The number of esters is 2. The van der Waals surface area contributed by atoms with Crippen molar-refractivity contribution in [2.75, 3.05) is 27.4 Å². The molecule has 0 aromatic rings. The largest absolute Gasteiger partial charge is 0.466 e. The van der Waals surface area contributed by atoms with Crippen LogP contribution in [0.3, 0.4) is 0 Å². The predicted octanol–water partition coefficient (Wildman–Crippen LogP) is 1.22. The third kappa shape index (κ3) is 29.9. The third-order valence-corrected chi connectivity index (χ3v) is 1.80. The number of hydrogen-bond donors (Lipinski definition) is 2. The zero-order valence-corrected chi connectivity index (χ0v) is 12.3. The molecular weight excluding hydrogens is 264 g/mol. The number of unbranched alkanes of at least 4 members (excludes halogenated alkanes) is 3. The van der Waals surface area contributed by atoms with E-state index in [4.69, 9.17) is 10.2 Å². The summed E-state index contributed by atoms with van der Waals surface area (Å²) in [4.78, 5) is 19.7. The van der Waals surface area contributed by atoms with Gasteiger partial charge in [0.15, 0.2) is 0 Å². The summed E-state index contributed by atoms with van der Waals surface area (Å²) < 4.78 is 8.28. The summed E-state index contributed by atoms with van der Waals surface area (Å²) in [6.45, 7) is 6.88. The molecule has 0 aliphatic carbocycles. The zero-order valence-electron chi connectivity index (χ0n) is 12.3. The molecule has 0 fully saturated rings. The van der Waals surface area contributed by atoms with Crippen LogP contribution in [0.4, 0.5) is 0 Å². The molecule has 0 unspecified atom stereocenters. The first-order valence-corrected chi connectivity index (χ1v) is 6.16. The van der Waals surface area contributed by atoms with Crippen LogP contribution in [0, 0.1) is 0 Å². The Morgan fingerprint density at radius 1 is 0.850 bits per heavy atom. The normalized spacial score (nSPS) is 8.00. The Morgan fingerprint density at radius 2 is 1.15 bits per heavy atom. The van der Waals surface area contributed by atoms with Crippen molar-refractivity contribution < 1.29 is 29.3 Å². The fourth-order valence-corrected chi connectivity index (χ4v) is 0.744. The van der Waals surface area contributed by atoms with Crippen molar-refractivity contribution in [3.63, 3.8) is 0 Å². The van der Waals surface area contributed by atoms with E-state index in [1.807, 2.05) is 0 Å². The van der Waals surface area contributed by atoms with Gasteiger partial charge in [0, 0.05) is 25.4 Å². The van der Waals surface area contributed by atoms with E-state index in [1.165, 1.54) is 14.2 Å². The summed E-state index contributed by atoms with van der Waals surface area (Å²) in [5.41, 5.74) is 0. The summed E-state index contributed by atoms with van der Waals surface area (Å²) in [7, 11) is 2.62. The molecule has 0 spiro atoms. The summed E-state index contributed by atoms with van der Waals surface area (Å²) in [5, 5.41) is 16.6. The molecule has 0 atom stereocenters. The molecule has 0 aliphatic rings. The van der Waals surface area contributed by atoms with E-state index in [2.05, 4.69) is 22.6 Å². The van der Waals surface area contributed by atoms with E-state index in [-0.39, 0.29) is 13.2 Å². The predicted molar refractivity (Wildman–Crippen MR) is 77.1 cm³/mol. The number of aliphatic hydroxyl groups excluding tert-OH is 2. The molecule has 6 nitrogen and oxygen atoms in total. The number of hydrogen-bond acceptors (Lipinski definition) is 6. The van der Waals surface area contributed by atoms with Gasteiger partial charge in [-0.05, 0) is 12.8 Å². The van der Waals surface area contributed by atoms with Crippen LogP contribution in [0.25, 0.3) is 0 Å². The van der Waals surface area contributed by atoms with Gasteiger partial charge in [0.2, 0.25) is 0 Å². The van der Waals surface area contributed by atoms with Gasteiger partial charge in [0.05, 0.1) is 14.2 Å². The van der Waals surface area contributed by atoms with Crippen LogP contribution < -0.4 is 0 Å². The van der Waals surface area contributed by atoms with Gasteiger partial charge in [-0.2, -0.15) is 0 Å². The first-order valence-electron chi connectivity index (χ1n) is 6.16. The maximum absolute atomic E-state index is 9.84. The smallest absolute Gasteiger partial charge is 0.329 e. The van der Waals surface area contributed by atoms with Crippen molar-refractivity contribution in [1.82, 2.24) is 0 Å². The van der Waals surface area contributed by atoms with Gasteiger partial charge in [-0.3, -0.25) is 0 Å². The van der Waals surface area contributed by atoms with Crippen molar-refractivity contribution in [2.45, 2.75) is 25.7 Å². The molecule has 0 saturated carbocycles. The van der Waals surface area contributed by atoms with E-state index < -0.39 is 11.9 Å². The van der Waals surface area contributed by atoms with Crippen molar-refractivity contribution in [2.24, 2.45) is 0 Å². The molecule has 0 aromatic carbocycles. The lowest BCUT2D eigenvalue weighted by Crippen LogP contribution is -1.91. The number of ether oxygens (including phenoxy) is 2. The summed E-state index contributed by atoms with van der Waals surface area (Å²) in [6.07, 6.45) is 6.05. The second-order valence-corrected chi connectivity index (χ2v) is 3.32. The summed E-state index contributed by atoms with van der Waals surface area (Å²) >= 11 is 0. The van der Waals surface area contributed by atoms with Crippen LogP contribution in [0.2, 0.25) is 0 Å². The average molecular weight is 290 g/mol. The highest BCUT2D eigenvalue weighted by atomic mass is 16.5. The lowest BCUT2D eigenvalue weighted by Gasteiger charge is -1.93. The van der Waals surface area contributed by atoms with Crippen LogP contribution in [-0.2, 0) is 19.1 Å². The van der Waals surface area contributed by atoms with Crippen LogP contribution >= 0.6 is 0 Å². The standard InChI is InChI=1S/C6H14O2.2C4H6O2/c7-5-3-1-2-4-6-8;2*1-3-4(5)6-2/h7-8H,1-6H2;2*3H,1H2,2H3. The van der Waals surface area contributed by atoms with Crippen LogP contribution in [0.15, 0.2) is 25.3 Å². The van der Waals surface area contributed by atoms with Gasteiger partial charge in [-0.25, -0.2) is 9.59 Å². The van der Waals surface area contributed by atoms with Gasteiger partial charge in [-0.15, -0.1) is 0 Å². The lowest BCUT2D eigenvalue weighted by molar-refractivity contribution is -0.135. The van der Waals surface area contributed by atoms with E-state index in [9.17, 15) is 9.59 Å².